The van der Waals surface area contributed by atoms with Crippen molar-refractivity contribution in [3.8, 4) is 0 Å². The fraction of sp³-hybridized carbons (Fsp3) is 0.190. The molecule has 0 aliphatic heterocycles. The van der Waals surface area contributed by atoms with Crippen molar-refractivity contribution in [2.24, 2.45) is 0 Å². The van der Waals surface area contributed by atoms with Gasteiger partial charge in [0.1, 0.15) is 16.3 Å². The van der Waals surface area contributed by atoms with E-state index in [0.29, 0.717) is 5.02 Å². The van der Waals surface area contributed by atoms with Crippen LogP contribution in [-0.2, 0) is 21.4 Å². The number of pyridine rings is 1. The van der Waals surface area contributed by atoms with E-state index in [1.54, 1.807) is 24.3 Å². The molecular weight excluding hydrogens is 475 g/mol. The molecule has 0 saturated carbocycles. The van der Waals surface area contributed by atoms with Crippen LogP contribution in [0.4, 0.5) is 4.39 Å². The van der Waals surface area contributed by atoms with Gasteiger partial charge in [0.25, 0.3) is 5.91 Å². The van der Waals surface area contributed by atoms with E-state index in [9.17, 15) is 27.2 Å². The van der Waals surface area contributed by atoms with Crippen molar-refractivity contribution in [1.29, 1.82) is 0 Å². The van der Waals surface area contributed by atoms with Gasteiger partial charge in [-0.3, -0.25) is 14.4 Å². The van der Waals surface area contributed by atoms with Gasteiger partial charge in [-0.25, -0.2) is 17.5 Å². The number of nitrogens with one attached hydrogen (secondary N) is 4. The van der Waals surface area contributed by atoms with Crippen LogP contribution in [-0.4, -0.2) is 38.3 Å². The molecule has 9 nitrogen and oxygen atoms in total. The molecule has 3 aromatic rings. The molecule has 2 amide bonds. The first-order valence-electron chi connectivity index (χ1n) is 9.70. The maximum atomic E-state index is 14.2. The second-order valence-corrected chi connectivity index (χ2v) is 9.22. The molecular formula is C21H20ClFN4O5S. The quantitative estimate of drug-likeness (QED) is 0.353. The summed E-state index contributed by atoms with van der Waals surface area (Å²) in [5.41, 5.74) is -0.534. The lowest BCUT2D eigenvalue weighted by Crippen LogP contribution is -2.34. The third-order valence-electron chi connectivity index (χ3n) is 4.61. The molecule has 2 aromatic carbocycles. The van der Waals surface area contributed by atoms with Crippen LogP contribution in [0.1, 0.15) is 22.8 Å². The molecule has 0 aliphatic carbocycles. The molecule has 0 aliphatic rings. The Balaban J connectivity index is 1.88. The zero-order valence-electron chi connectivity index (χ0n) is 17.4. The minimum absolute atomic E-state index is 0.0241. The lowest BCUT2D eigenvalue weighted by atomic mass is 10.1. The summed E-state index contributed by atoms with van der Waals surface area (Å²) < 4.78 is 41.8. The number of halogens is 2. The van der Waals surface area contributed by atoms with Crippen LogP contribution in [0.25, 0.3) is 10.9 Å². The van der Waals surface area contributed by atoms with Crippen LogP contribution in [0.3, 0.4) is 0 Å². The first-order valence-corrected chi connectivity index (χ1v) is 11.6. The smallest absolute Gasteiger partial charge is 0.257 e. The van der Waals surface area contributed by atoms with Gasteiger partial charge in [-0.2, -0.15) is 0 Å². The average molecular weight is 495 g/mol. The van der Waals surface area contributed by atoms with Gasteiger partial charge in [-0.1, -0.05) is 23.7 Å². The Morgan fingerprint density at radius 2 is 1.79 bits per heavy atom. The van der Waals surface area contributed by atoms with Crippen LogP contribution >= 0.6 is 11.6 Å². The molecule has 3 rings (SSSR count). The fourth-order valence-electron chi connectivity index (χ4n) is 3.03. The summed E-state index contributed by atoms with van der Waals surface area (Å²) in [7, 11) is -4.23. The normalized spacial score (nSPS) is 11.4. The van der Waals surface area contributed by atoms with Crippen molar-refractivity contribution in [3.05, 3.63) is 74.8 Å². The molecule has 174 valence electrons. The number of fused-ring (bicyclic) bond motifs is 1. The number of hydrogen-bond acceptors (Lipinski definition) is 5. The SMILES string of the molecule is CC(=O)NCCNS(=O)(=O)c1cc(F)cc2c(=O)c(C(=O)NCc3ccc(Cl)cc3)c[nH]c12. The Hall–Kier alpha value is -3.28. The Morgan fingerprint density at radius 1 is 1.09 bits per heavy atom. The molecule has 1 heterocycles. The number of rotatable bonds is 8. The lowest BCUT2D eigenvalue weighted by Gasteiger charge is -2.11. The monoisotopic (exact) mass is 494 g/mol. The molecule has 0 unspecified atom stereocenters. The second kappa shape index (κ2) is 10.1. The zero-order chi connectivity index (χ0) is 24.2. The number of amides is 2. The van der Waals surface area contributed by atoms with Crippen LogP contribution in [0.2, 0.25) is 5.02 Å². The van der Waals surface area contributed by atoms with Crippen LogP contribution in [0.15, 0.2) is 52.3 Å². The van der Waals surface area contributed by atoms with Gasteiger partial charge in [0, 0.05) is 37.8 Å². The number of aromatic nitrogens is 1. The van der Waals surface area contributed by atoms with Gasteiger partial charge in [0.05, 0.1) is 10.9 Å². The number of carbonyl (C=O) groups is 2. The highest BCUT2D eigenvalue weighted by molar-refractivity contribution is 7.89. The van der Waals surface area contributed by atoms with E-state index < -0.39 is 32.1 Å². The molecule has 0 bridgehead atoms. The summed E-state index contributed by atoms with van der Waals surface area (Å²) in [5, 5.41) is 5.25. The Bertz CT molecular complexity index is 1370. The highest BCUT2D eigenvalue weighted by Crippen LogP contribution is 2.21. The molecule has 0 spiro atoms. The molecule has 0 saturated heterocycles. The molecule has 0 radical (unpaired) electrons. The first kappa shape index (κ1) is 24.4. The minimum atomic E-state index is -4.23. The number of hydrogen-bond donors (Lipinski definition) is 4. The summed E-state index contributed by atoms with van der Waals surface area (Å²) in [6.07, 6.45) is 1.08. The van der Waals surface area contributed by atoms with Gasteiger partial charge in [0.2, 0.25) is 21.4 Å². The van der Waals surface area contributed by atoms with E-state index in [1.165, 1.54) is 6.92 Å². The Morgan fingerprint density at radius 3 is 2.45 bits per heavy atom. The summed E-state index contributed by atoms with van der Waals surface area (Å²) in [6.45, 7) is 1.28. The molecule has 1 aromatic heterocycles. The van der Waals surface area contributed by atoms with Gasteiger partial charge in [-0.05, 0) is 29.8 Å². The van der Waals surface area contributed by atoms with E-state index >= 15 is 0 Å². The fourth-order valence-corrected chi connectivity index (χ4v) is 4.38. The zero-order valence-corrected chi connectivity index (χ0v) is 18.9. The molecule has 33 heavy (non-hydrogen) atoms. The lowest BCUT2D eigenvalue weighted by molar-refractivity contribution is -0.118. The van der Waals surface area contributed by atoms with E-state index in [-0.39, 0.29) is 42.0 Å². The van der Waals surface area contributed by atoms with Gasteiger partial charge >= 0.3 is 0 Å². The first-order chi connectivity index (χ1) is 15.6. The average Bonchev–Trinajstić information content (AvgIpc) is 2.76. The molecule has 4 N–H and O–H groups in total. The van der Waals surface area contributed by atoms with E-state index in [4.69, 9.17) is 11.6 Å². The number of benzene rings is 2. The highest BCUT2D eigenvalue weighted by Gasteiger charge is 2.22. The summed E-state index contributed by atoms with van der Waals surface area (Å²) in [4.78, 5) is 38.4. The largest absolute Gasteiger partial charge is 0.359 e. The van der Waals surface area contributed by atoms with Crippen molar-refractivity contribution >= 4 is 44.3 Å². The van der Waals surface area contributed by atoms with E-state index in [1.807, 2.05) is 0 Å². The van der Waals surface area contributed by atoms with Crippen LogP contribution in [0, 0.1) is 5.82 Å². The summed E-state index contributed by atoms with van der Waals surface area (Å²) in [5.74, 6) is -2.01. The van der Waals surface area contributed by atoms with Crippen molar-refractivity contribution < 1.29 is 22.4 Å². The number of sulfonamides is 1. The molecule has 0 atom stereocenters. The Kier molecular flexibility index (Phi) is 7.46. The number of H-pyrrole nitrogens is 1. The predicted molar refractivity (Wildman–Crippen MR) is 121 cm³/mol. The Labute approximate surface area is 193 Å². The van der Waals surface area contributed by atoms with Crippen LogP contribution in [0.5, 0.6) is 0 Å². The standard InChI is InChI=1S/C21H20ClFN4O5S/c1-12(28)24-6-7-27-33(31,32)18-9-15(23)8-16-19(18)25-11-17(20(16)29)21(30)26-10-13-2-4-14(22)5-3-13/h2-5,8-9,11,27H,6-7,10H2,1H3,(H,24,28)(H,25,29)(H,26,30). The third kappa shape index (κ3) is 5.95. The van der Waals surface area contributed by atoms with Crippen molar-refractivity contribution in [3.63, 3.8) is 0 Å². The van der Waals surface area contributed by atoms with Crippen molar-refractivity contribution in [2.45, 2.75) is 18.4 Å². The van der Waals surface area contributed by atoms with Gasteiger partial charge in [-0.15, -0.1) is 0 Å². The molecule has 0 fully saturated rings. The predicted octanol–water partition coefficient (Wildman–Crippen LogP) is 1.66. The minimum Gasteiger partial charge on any atom is -0.359 e. The summed E-state index contributed by atoms with van der Waals surface area (Å²) in [6, 6.07) is 8.35. The molecule has 12 heteroatoms. The third-order valence-corrected chi connectivity index (χ3v) is 6.35. The van der Waals surface area contributed by atoms with Crippen molar-refractivity contribution in [2.75, 3.05) is 13.1 Å². The second-order valence-electron chi connectivity index (χ2n) is 7.05. The van der Waals surface area contributed by atoms with Gasteiger partial charge < -0.3 is 15.6 Å². The maximum Gasteiger partial charge on any atom is 0.257 e. The van der Waals surface area contributed by atoms with Crippen molar-refractivity contribution in [1.82, 2.24) is 20.3 Å². The highest BCUT2D eigenvalue weighted by atomic mass is 35.5. The maximum absolute atomic E-state index is 14.2. The number of carbonyl (C=O) groups excluding carboxylic acids is 2. The summed E-state index contributed by atoms with van der Waals surface area (Å²) >= 11 is 5.82. The van der Waals surface area contributed by atoms with E-state index in [0.717, 1.165) is 23.9 Å². The number of aromatic amines is 1. The van der Waals surface area contributed by atoms with Crippen LogP contribution < -0.4 is 20.8 Å². The van der Waals surface area contributed by atoms with Gasteiger partial charge in [0.15, 0.2) is 0 Å². The topological polar surface area (TPSA) is 137 Å². The van der Waals surface area contributed by atoms with E-state index in [2.05, 4.69) is 20.3 Å².